The van der Waals surface area contributed by atoms with E-state index in [1.165, 1.54) is 43.6 Å². The first-order chi connectivity index (χ1) is 17.3. The molecule has 0 radical (unpaired) electrons. The highest BCUT2D eigenvalue weighted by Gasteiger charge is 2.25. The number of fused-ring (bicyclic) bond motifs is 1. The fourth-order valence-electron chi connectivity index (χ4n) is 3.77. The van der Waals surface area contributed by atoms with E-state index in [0.717, 1.165) is 0 Å². The van der Waals surface area contributed by atoms with E-state index in [1.54, 1.807) is 18.5 Å². The van der Waals surface area contributed by atoms with Crippen LogP contribution in [0, 0.1) is 17.1 Å². The number of imidazole rings is 1. The van der Waals surface area contributed by atoms with Crippen molar-refractivity contribution in [1.29, 1.82) is 5.26 Å². The summed E-state index contributed by atoms with van der Waals surface area (Å²) in [5.41, 5.74) is 0.672. The third kappa shape index (κ3) is 3.90. The smallest absolute Gasteiger partial charge is 0.267 e. The van der Waals surface area contributed by atoms with Crippen molar-refractivity contribution in [2.45, 2.75) is 4.90 Å². The van der Waals surface area contributed by atoms with Crippen molar-refractivity contribution in [3.63, 3.8) is 0 Å². The highest BCUT2D eigenvalue weighted by Crippen LogP contribution is 2.36. The molecule has 3 N–H and O–H groups in total. The molecule has 0 bridgehead atoms. The zero-order valence-corrected chi connectivity index (χ0v) is 19.9. The SMILES string of the molecule is COc1ncc(Cl)cc1S(=O)(=O)Nc1cccc(-c2ccc3c(-c4ncc[nH]4)n[nH]c3c2F)c1C#N. The molecule has 0 amide bonds. The Bertz CT molecular complexity index is 1760. The number of halogens is 2. The Labute approximate surface area is 208 Å². The van der Waals surface area contributed by atoms with Gasteiger partial charge in [-0.15, -0.1) is 0 Å². The first kappa shape index (κ1) is 23.3. The van der Waals surface area contributed by atoms with Crippen molar-refractivity contribution >= 4 is 38.2 Å². The van der Waals surface area contributed by atoms with Gasteiger partial charge in [0, 0.05) is 35.1 Å². The maximum Gasteiger partial charge on any atom is 0.267 e. The number of benzene rings is 2. The van der Waals surface area contributed by atoms with Crippen molar-refractivity contribution in [3.05, 3.63) is 71.4 Å². The van der Waals surface area contributed by atoms with E-state index in [1.807, 2.05) is 6.07 Å². The molecule has 3 aromatic heterocycles. The van der Waals surface area contributed by atoms with E-state index in [9.17, 15) is 13.7 Å². The van der Waals surface area contributed by atoms with Crippen LogP contribution in [0.4, 0.5) is 10.1 Å². The Morgan fingerprint density at radius 2 is 2.03 bits per heavy atom. The van der Waals surface area contributed by atoms with Gasteiger partial charge in [0.25, 0.3) is 10.0 Å². The summed E-state index contributed by atoms with van der Waals surface area (Å²) in [6.45, 7) is 0. The molecule has 0 saturated heterocycles. The monoisotopic (exact) mass is 523 g/mol. The van der Waals surface area contributed by atoms with Gasteiger partial charge in [0.15, 0.2) is 16.5 Å². The molecule has 5 rings (SSSR count). The molecule has 180 valence electrons. The van der Waals surface area contributed by atoms with Crippen LogP contribution >= 0.6 is 11.6 Å². The number of methoxy groups -OCH3 is 1. The number of hydrogen-bond donors (Lipinski definition) is 3. The number of aromatic amines is 2. The average Bonchev–Trinajstić information content (AvgIpc) is 3.54. The molecule has 0 aliphatic heterocycles. The first-order valence-corrected chi connectivity index (χ1v) is 12.1. The Morgan fingerprint density at radius 1 is 1.19 bits per heavy atom. The highest BCUT2D eigenvalue weighted by molar-refractivity contribution is 7.92. The van der Waals surface area contributed by atoms with Gasteiger partial charge in [-0.2, -0.15) is 10.4 Å². The van der Waals surface area contributed by atoms with Crippen LogP contribution in [-0.2, 0) is 10.0 Å². The lowest BCUT2D eigenvalue weighted by Gasteiger charge is -2.14. The second kappa shape index (κ2) is 8.95. The molecule has 13 heteroatoms. The van der Waals surface area contributed by atoms with Crippen molar-refractivity contribution in [1.82, 2.24) is 25.1 Å². The minimum absolute atomic E-state index is 0.0580. The summed E-state index contributed by atoms with van der Waals surface area (Å²) in [6.07, 6.45) is 4.43. The Kier molecular flexibility index (Phi) is 5.79. The van der Waals surface area contributed by atoms with Crippen LogP contribution in [0.3, 0.4) is 0 Å². The minimum atomic E-state index is -4.27. The fraction of sp³-hybridized carbons (Fsp3) is 0.0435. The number of aromatic nitrogens is 5. The van der Waals surface area contributed by atoms with Crippen LogP contribution in [0.25, 0.3) is 33.5 Å². The van der Waals surface area contributed by atoms with Gasteiger partial charge in [-0.1, -0.05) is 29.8 Å². The van der Waals surface area contributed by atoms with Crippen LogP contribution in [0.1, 0.15) is 5.56 Å². The Morgan fingerprint density at radius 3 is 2.75 bits per heavy atom. The number of nitrogens with one attached hydrogen (secondary N) is 3. The molecule has 0 aliphatic rings. The number of pyridine rings is 1. The summed E-state index contributed by atoms with van der Waals surface area (Å²) in [5, 5.41) is 17.3. The Hall–Kier alpha value is -4.47. The van der Waals surface area contributed by atoms with Crippen LogP contribution in [0.2, 0.25) is 5.02 Å². The van der Waals surface area contributed by atoms with Gasteiger partial charge in [-0.25, -0.2) is 22.8 Å². The average molecular weight is 524 g/mol. The number of anilines is 1. The van der Waals surface area contributed by atoms with Gasteiger partial charge < -0.3 is 9.72 Å². The second-order valence-electron chi connectivity index (χ2n) is 7.47. The molecule has 0 spiro atoms. The van der Waals surface area contributed by atoms with Gasteiger partial charge in [-0.3, -0.25) is 9.82 Å². The lowest BCUT2D eigenvalue weighted by molar-refractivity contribution is 0.385. The third-order valence-electron chi connectivity index (χ3n) is 5.38. The molecule has 0 atom stereocenters. The summed E-state index contributed by atoms with van der Waals surface area (Å²) >= 11 is 5.93. The molecular formula is C23H15ClFN7O3S. The predicted molar refractivity (Wildman–Crippen MR) is 130 cm³/mol. The molecule has 5 aromatic rings. The lowest BCUT2D eigenvalue weighted by atomic mass is 9.97. The molecule has 10 nitrogen and oxygen atoms in total. The Balaban J connectivity index is 1.60. The molecule has 2 aromatic carbocycles. The van der Waals surface area contributed by atoms with E-state index in [0.29, 0.717) is 16.9 Å². The molecule has 36 heavy (non-hydrogen) atoms. The minimum Gasteiger partial charge on any atom is -0.480 e. The number of rotatable bonds is 6. The molecule has 3 heterocycles. The summed E-state index contributed by atoms with van der Waals surface area (Å²) in [7, 11) is -3.00. The number of hydrogen-bond acceptors (Lipinski definition) is 7. The quantitative estimate of drug-likeness (QED) is 0.297. The van der Waals surface area contributed by atoms with Crippen molar-refractivity contribution in [2.75, 3.05) is 11.8 Å². The summed E-state index contributed by atoms with van der Waals surface area (Å²) in [4.78, 5) is 10.6. The first-order valence-electron chi connectivity index (χ1n) is 10.3. The van der Waals surface area contributed by atoms with Crippen molar-refractivity contribution in [3.8, 4) is 34.6 Å². The van der Waals surface area contributed by atoms with Gasteiger partial charge in [0.2, 0.25) is 5.88 Å². The largest absolute Gasteiger partial charge is 0.480 e. The van der Waals surface area contributed by atoms with Gasteiger partial charge in [0.1, 0.15) is 17.3 Å². The van der Waals surface area contributed by atoms with E-state index >= 15 is 4.39 Å². The third-order valence-corrected chi connectivity index (χ3v) is 6.94. The van der Waals surface area contributed by atoms with Crippen LogP contribution < -0.4 is 9.46 Å². The topological polar surface area (TPSA) is 149 Å². The number of nitriles is 1. The van der Waals surface area contributed by atoms with E-state index in [2.05, 4.69) is 29.9 Å². The molecule has 0 aliphatic carbocycles. The summed E-state index contributed by atoms with van der Waals surface area (Å²) < 4.78 is 49.2. The normalized spacial score (nSPS) is 11.4. The molecule has 0 fully saturated rings. The van der Waals surface area contributed by atoms with E-state index in [-0.39, 0.29) is 43.7 Å². The van der Waals surface area contributed by atoms with Gasteiger partial charge in [-0.05, 0) is 18.2 Å². The number of nitrogens with zero attached hydrogens (tertiary/aromatic N) is 4. The van der Waals surface area contributed by atoms with E-state index < -0.39 is 15.8 Å². The maximum absolute atomic E-state index is 15.6. The fourth-order valence-corrected chi connectivity index (χ4v) is 5.21. The second-order valence-corrected chi connectivity index (χ2v) is 9.55. The number of H-pyrrole nitrogens is 2. The molecule has 0 saturated carbocycles. The number of sulfonamides is 1. The van der Waals surface area contributed by atoms with Crippen LogP contribution in [0.15, 0.2) is 59.9 Å². The molecule has 0 unspecified atom stereocenters. The van der Waals surface area contributed by atoms with Crippen molar-refractivity contribution < 1.29 is 17.5 Å². The van der Waals surface area contributed by atoms with Crippen LogP contribution in [0.5, 0.6) is 5.88 Å². The predicted octanol–water partition coefficient (Wildman–Crippen LogP) is 4.49. The highest BCUT2D eigenvalue weighted by atomic mass is 35.5. The van der Waals surface area contributed by atoms with Crippen molar-refractivity contribution in [2.24, 2.45) is 0 Å². The lowest BCUT2D eigenvalue weighted by Crippen LogP contribution is -2.15. The van der Waals surface area contributed by atoms with Gasteiger partial charge >= 0.3 is 0 Å². The summed E-state index contributed by atoms with van der Waals surface area (Å²) in [5.74, 6) is -0.367. The number of ether oxygens (including phenoxy) is 1. The van der Waals surface area contributed by atoms with E-state index in [4.69, 9.17) is 16.3 Å². The zero-order chi connectivity index (χ0) is 25.4. The standard InChI is InChI=1S/C23H15ClFN7O3S/c1-35-23-18(9-12(24)11-29-23)36(33,34)32-17-4-2-3-13(16(17)10-26)14-5-6-15-20(19(14)25)30-31-21(15)22-27-7-8-28-22/h2-9,11,32H,1H3,(H,27,28)(H,30,31). The zero-order valence-electron chi connectivity index (χ0n) is 18.4. The van der Waals surface area contributed by atoms with Crippen LogP contribution in [-0.4, -0.2) is 40.7 Å². The van der Waals surface area contributed by atoms with Gasteiger partial charge in [0.05, 0.1) is 23.4 Å². The molecular weight excluding hydrogens is 509 g/mol. The maximum atomic E-state index is 15.6. The summed E-state index contributed by atoms with van der Waals surface area (Å²) in [6, 6.07) is 10.7.